The standard InChI is InChI=1S/C10H11Cl2NO2.ClH/c1-15-9(14)5-8(13)10-6(11)3-2-4-7(10)12;/h2-4,8H,5,13H2,1H3;1H/t8-;/m1./s1. The first kappa shape index (κ1) is 15.5. The summed E-state index contributed by atoms with van der Waals surface area (Å²) in [4.78, 5) is 11.0. The molecule has 1 aromatic carbocycles. The number of esters is 1. The predicted octanol–water partition coefficient (Wildman–Crippen LogP) is 2.98. The minimum absolute atomic E-state index is 0. The maximum Gasteiger partial charge on any atom is 0.307 e. The van der Waals surface area contributed by atoms with E-state index in [4.69, 9.17) is 28.9 Å². The first-order chi connectivity index (χ1) is 7.06. The van der Waals surface area contributed by atoms with Crippen LogP contribution in [-0.4, -0.2) is 13.1 Å². The van der Waals surface area contributed by atoms with Gasteiger partial charge in [-0.15, -0.1) is 12.4 Å². The van der Waals surface area contributed by atoms with Crippen molar-refractivity contribution in [3.63, 3.8) is 0 Å². The van der Waals surface area contributed by atoms with Gasteiger partial charge < -0.3 is 10.5 Å². The Kier molecular flexibility index (Phi) is 6.76. The zero-order valence-corrected chi connectivity index (χ0v) is 10.9. The van der Waals surface area contributed by atoms with Gasteiger partial charge in [0.15, 0.2) is 0 Å². The molecule has 1 aromatic rings. The van der Waals surface area contributed by atoms with E-state index in [9.17, 15) is 4.79 Å². The lowest BCUT2D eigenvalue weighted by Gasteiger charge is -2.13. The molecule has 16 heavy (non-hydrogen) atoms. The van der Waals surface area contributed by atoms with Crippen molar-refractivity contribution in [3.8, 4) is 0 Å². The number of methoxy groups -OCH3 is 1. The lowest BCUT2D eigenvalue weighted by atomic mass is 10.0. The third kappa shape index (κ3) is 3.83. The number of benzene rings is 1. The largest absolute Gasteiger partial charge is 0.469 e. The molecule has 0 unspecified atom stereocenters. The van der Waals surface area contributed by atoms with Crippen LogP contribution >= 0.6 is 35.6 Å². The van der Waals surface area contributed by atoms with Crippen LogP contribution in [0.3, 0.4) is 0 Å². The molecule has 0 aliphatic rings. The third-order valence-corrected chi connectivity index (χ3v) is 2.64. The van der Waals surface area contributed by atoms with E-state index in [0.29, 0.717) is 15.6 Å². The average Bonchev–Trinajstić information content (AvgIpc) is 2.17. The first-order valence-corrected chi connectivity index (χ1v) is 5.08. The summed E-state index contributed by atoms with van der Waals surface area (Å²) in [7, 11) is 1.31. The molecule has 0 saturated carbocycles. The average molecular weight is 285 g/mol. The van der Waals surface area contributed by atoms with Crippen LogP contribution in [0.25, 0.3) is 0 Å². The third-order valence-electron chi connectivity index (χ3n) is 1.98. The van der Waals surface area contributed by atoms with Crippen molar-refractivity contribution < 1.29 is 9.53 Å². The summed E-state index contributed by atoms with van der Waals surface area (Å²) in [6.07, 6.45) is 0.0555. The van der Waals surface area contributed by atoms with Gasteiger partial charge in [-0.05, 0) is 12.1 Å². The van der Waals surface area contributed by atoms with Crippen LogP contribution < -0.4 is 5.73 Å². The van der Waals surface area contributed by atoms with Gasteiger partial charge in [0, 0.05) is 21.7 Å². The molecule has 0 aliphatic carbocycles. The van der Waals surface area contributed by atoms with Gasteiger partial charge in [-0.25, -0.2) is 0 Å². The van der Waals surface area contributed by atoms with E-state index >= 15 is 0 Å². The molecule has 1 atom stereocenters. The van der Waals surface area contributed by atoms with E-state index in [0.717, 1.165) is 0 Å². The highest BCUT2D eigenvalue weighted by molar-refractivity contribution is 6.36. The summed E-state index contributed by atoms with van der Waals surface area (Å²) in [5.41, 5.74) is 6.38. The van der Waals surface area contributed by atoms with Crippen molar-refractivity contribution in [1.82, 2.24) is 0 Å². The van der Waals surface area contributed by atoms with Crippen molar-refractivity contribution in [2.24, 2.45) is 5.73 Å². The van der Waals surface area contributed by atoms with Gasteiger partial charge in [0.25, 0.3) is 0 Å². The smallest absolute Gasteiger partial charge is 0.307 e. The van der Waals surface area contributed by atoms with Crippen LogP contribution in [0.5, 0.6) is 0 Å². The van der Waals surface area contributed by atoms with Gasteiger partial charge in [-0.2, -0.15) is 0 Å². The Labute approximate surface area is 110 Å². The molecular formula is C10H12Cl3NO2. The molecule has 0 saturated heterocycles. The molecule has 0 spiro atoms. The summed E-state index contributed by atoms with van der Waals surface area (Å²) in [5, 5.41) is 0.915. The summed E-state index contributed by atoms with van der Waals surface area (Å²) < 4.78 is 4.52. The Balaban J connectivity index is 0.00000225. The highest BCUT2D eigenvalue weighted by Gasteiger charge is 2.17. The molecule has 6 heteroatoms. The summed E-state index contributed by atoms with van der Waals surface area (Å²) in [6.45, 7) is 0. The molecule has 0 fully saturated rings. The molecule has 2 N–H and O–H groups in total. The maximum absolute atomic E-state index is 11.0. The Morgan fingerprint density at radius 3 is 2.38 bits per heavy atom. The highest BCUT2D eigenvalue weighted by atomic mass is 35.5. The van der Waals surface area contributed by atoms with Gasteiger partial charge in [0.2, 0.25) is 0 Å². The molecule has 0 aromatic heterocycles. The lowest BCUT2D eigenvalue weighted by molar-refractivity contribution is -0.141. The quantitative estimate of drug-likeness (QED) is 0.868. The second-order valence-electron chi connectivity index (χ2n) is 3.02. The van der Waals surface area contributed by atoms with Crippen LogP contribution in [0.15, 0.2) is 18.2 Å². The molecule has 0 aliphatic heterocycles. The Hall–Kier alpha value is -0.480. The van der Waals surface area contributed by atoms with Gasteiger partial charge in [-0.3, -0.25) is 4.79 Å². The van der Waals surface area contributed by atoms with E-state index in [-0.39, 0.29) is 18.8 Å². The fraction of sp³-hybridized carbons (Fsp3) is 0.300. The Morgan fingerprint density at radius 2 is 1.94 bits per heavy atom. The van der Waals surface area contributed by atoms with Crippen LogP contribution in [-0.2, 0) is 9.53 Å². The Bertz CT molecular complexity index is 351. The van der Waals surface area contributed by atoms with Crippen LogP contribution in [0.2, 0.25) is 10.0 Å². The van der Waals surface area contributed by atoms with Crippen LogP contribution in [0.4, 0.5) is 0 Å². The summed E-state index contributed by atoms with van der Waals surface area (Å²) in [5.74, 6) is -0.390. The number of hydrogen-bond donors (Lipinski definition) is 1. The molecule has 3 nitrogen and oxygen atoms in total. The number of carbonyl (C=O) groups is 1. The van der Waals surface area contributed by atoms with Crippen molar-refractivity contribution in [2.45, 2.75) is 12.5 Å². The number of ether oxygens (including phenoxy) is 1. The molecule has 0 heterocycles. The van der Waals surface area contributed by atoms with Crippen molar-refractivity contribution in [3.05, 3.63) is 33.8 Å². The summed E-state index contributed by atoms with van der Waals surface area (Å²) >= 11 is 11.9. The minimum Gasteiger partial charge on any atom is -0.469 e. The zero-order valence-electron chi connectivity index (χ0n) is 8.57. The molecule has 1 rings (SSSR count). The molecule has 0 amide bonds. The molecular weight excluding hydrogens is 272 g/mol. The number of nitrogens with two attached hydrogens (primary N) is 1. The number of carbonyl (C=O) groups excluding carboxylic acids is 1. The van der Waals surface area contributed by atoms with Crippen molar-refractivity contribution in [2.75, 3.05) is 7.11 Å². The van der Waals surface area contributed by atoms with Gasteiger partial charge in [0.05, 0.1) is 13.5 Å². The normalized spacial score (nSPS) is 11.5. The maximum atomic E-state index is 11.0. The fourth-order valence-electron chi connectivity index (χ4n) is 1.23. The summed E-state index contributed by atoms with van der Waals surface area (Å²) in [6, 6.07) is 4.54. The Morgan fingerprint density at radius 1 is 1.44 bits per heavy atom. The van der Waals surface area contributed by atoms with Crippen LogP contribution in [0, 0.1) is 0 Å². The number of halogens is 3. The molecule has 90 valence electrons. The lowest BCUT2D eigenvalue weighted by Crippen LogP contribution is -2.17. The zero-order chi connectivity index (χ0) is 11.4. The van der Waals surface area contributed by atoms with Crippen molar-refractivity contribution in [1.29, 1.82) is 0 Å². The van der Waals surface area contributed by atoms with Gasteiger partial charge in [-0.1, -0.05) is 29.3 Å². The molecule has 0 radical (unpaired) electrons. The van der Waals surface area contributed by atoms with E-state index in [2.05, 4.69) is 4.74 Å². The van der Waals surface area contributed by atoms with E-state index in [1.807, 2.05) is 0 Å². The van der Waals surface area contributed by atoms with E-state index in [1.165, 1.54) is 7.11 Å². The van der Waals surface area contributed by atoms with E-state index < -0.39 is 12.0 Å². The second-order valence-corrected chi connectivity index (χ2v) is 3.84. The predicted molar refractivity (Wildman–Crippen MR) is 67.3 cm³/mol. The molecule has 0 bridgehead atoms. The highest BCUT2D eigenvalue weighted by Crippen LogP contribution is 2.30. The number of rotatable bonds is 3. The second kappa shape index (κ2) is 6.97. The monoisotopic (exact) mass is 283 g/mol. The minimum atomic E-state index is -0.543. The number of hydrogen-bond acceptors (Lipinski definition) is 3. The topological polar surface area (TPSA) is 52.3 Å². The fourth-order valence-corrected chi connectivity index (χ4v) is 1.91. The SMILES string of the molecule is COC(=O)C[C@@H](N)c1c(Cl)cccc1Cl.Cl. The first-order valence-electron chi connectivity index (χ1n) is 4.32. The van der Waals surface area contributed by atoms with E-state index in [1.54, 1.807) is 18.2 Å². The van der Waals surface area contributed by atoms with Crippen molar-refractivity contribution >= 4 is 41.6 Å². The van der Waals surface area contributed by atoms with Crippen LogP contribution in [0.1, 0.15) is 18.0 Å². The van der Waals surface area contributed by atoms with Gasteiger partial charge >= 0.3 is 5.97 Å². The van der Waals surface area contributed by atoms with Gasteiger partial charge in [0.1, 0.15) is 0 Å².